The van der Waals surface area contributed by atoms with Crippen molar-refractivity contribution in [1.82, 2.24) is 0 Å². The lowest BCUT2D eigenvalue weighted by molar-refractivity contribution is -0.141. The number of ketones is 1. The van der Waals surface area contributed by atoms with Gasteiger partial charge in [-0.15, -0.1) is 11.8 Å². The van der Waals surface area contributed by atoms with Gasteiger partial charge >= 0.3 is 12.1 Å². The SMILES string of the molecule is COC(=O)CCCCCCC1C(=O)C=C[C@@H]1CCC(O)CSc1cccc(C(F)(F)F)c1. The minimum atomic E-state index is -4.38. The monoisotopic (exact) mass is 472 g/mol. The number of aliphatic hydroxyl groups excluding tert-OH is 1. The number of benzene rings is 1. The van der Waals surface area contributed by atoms with Gasteiger partial charge in [0.1, 0.15) is 0 Å². The number of halogens is 3. The van der Waals surface area contributed by atoms with Crippen molar-refractivity contribution in [1.29, 1.82) is 0 Å². The smallest absolute Gasteiger partial charge is 0.416 e. The third kappa shape index (κ3) is 8.98. The van der Waals surface area contributed by atoms with Crippen LogP contribution in [-0.4, -0.2) is 35.8 Å². The predicted octanol–water partition coefficient (Wildman–Crippen LogP) is 5.82. The van der Waals surface area contributed by atoms with E-state index in [9.17, 15) is 27.9 Å². The molecule has 0 radical (unpaired) electrons. The van der Waals surface area contributed by atoms with Crippen LogP contribution in [-0.2, 0) is 20.5 Å². The van der Waals surface area contributed by atoms with Gasteiger partial charge in [0.15, 0.2) is 5.78 Å². The fourth-order valence-corrected chi connectivity index (χ4v) is 4.79. The highest BCUT2D eigenvalue weighted by Gasteiger charge is 2.31. The van der Waals surface area contributed by atoms with Gasteiger partial charge in [-0.25, -0.2) is 0 Å². The fraction of sp³-hybridized carbons (Fsp3) is 0.583. The first-order chi connectivity index (χ1) is 15.2. The van der Waals surface area contributed by atoms with Gasteiger partial charge in [-0.05, 0) is 55.9 Å². The van der Waals surface area contributed by atoms with E-state index in [2.05, 4.69) is 4.74 Å². The molecule has 8 heteroatoms. The lowest BCUT2D eigenvalue weighted by Gasteiger charge is -2.19. The number of esters is 1. The third-order valence-electron chi connectivity index (χ3n) is 5.70. The summed E-state index contributed by atoms with van der Waals surface area (Å²) in [5.41, 5.74) is -0.695. The van der Waals surface area contributed by atoms with Gasteiger partial charge in [-0.2, -0.15) is 13.2 Å². The molecule has 1 N–H and O–H groups in total. The number of aliphatic hydroxyl groups is 1. The molecule has 32 heavy (non-hydrogen) atoms. The molecule has 0 heterocycles. The highest BCUT2D eigenvalue weighted by molar-refractivity contribution is 7.99. The molecule has 0 aromatic heterocycles. The molecule has 0 saturated heterocycles. The number of ether oxygens (including phenoxy) is 1. The Morgan fingerprint density at radius 3 is 2.66 bits per heavy atom. The second kappa shape index (κ2) is 13.0. The molecule has 1 aromatic rings. The zero-order valence-electron chi connectivity index (χ0n) is 18.3. The number of hydrogen-bond acceptors (Lipinski definition) is 5. The van der Waals surface area contributed by atoms with Crippen molar-refractivity contribution in [3.8, 4) is 0 Å². The molecule has 3 atom stereocenters. The van der Waals surface area contributed by atoms with Crippen molar-refractivity contribution in [3.63, 3.8) is 0 Å². The zero-order valence-corrected chi connectivity index (χ0v) is 19.1. The van der Waals surface area contributed by atoms with E-state index in [1.54, 1.807) is 12.1 Å². The standard InChI is InChI=1S/C24H31F3O4S/c1-31-23(30)10-5-3-2-4-9-21-17(12-14-22(21)29)11-13-19(28)16-32-20-8-6-7-18(15-20)24(25,26)27/h6-8,12,14-15,17,19,21,28H,2-5,9-11,13,16H2,1H3/t17-,19?,21?/m0/s1. The first kappa shape index (κ1) is 26.5. The van der Waals surface area contributed by atoms with E-state index >= 15 is 0 Å². The number of alkyl halides is 3. The lowest BCUT2D eigenvalue weighted by Crippen LogP contribution is -2.19. The molecule has 0 saturated carbocycles. The first-order valence-electron chi connectivity index (χ1n) is 11.0. The van der Waals surface area contributed by atoms with E-state index < -0.39 is 17.8 Å². The number of allylic oxidation sites excluding steroid dienone is 2. The summed E-state index contributed by atoms with van der Waals surface area (Å²) in [4.78, 5) is 23.8. The van der Waals surface area contributed by atoms with Gasteiger partial charge in [0, 0.05) is 23.0 Å². The Labute approximate surface area is 191 Å². The van der Waals surface area contributed by atoms with Crippen LogP contribution in [0.4, 0.5) is 13.2 Å². The number of carbonyl (C=O) groups is 2. The normalized spacial score (nSPS) is 19.3. The van der Waals surface area contributed by atoms with Crippen molar-refractivity contribution in [2.24, 2.45) is 11.8 Å². The second-order valence-electron chi connectivity index (χ2n) is 8.13. The molecular formula is C24H31F3O4S. The van der Waals surface area contributed by atoms with E-state index in [1.807, 2.05) is 6.08 Å². The van der Waals surface area contributed by atoms with Crippen LogP contribution in [0.2, 0.25) is 0 Å². The maximum atomic E-state index is 12.8. The van der Waals surface area contributed by atoms with E-state index in [-0.39, 0.29) is 23.6 Å². The molecule has 0 spiro atoms. The lowest BCUT2D eigenvalue weighted by atomic mass is 9.86. The first-order valence-corrected chi connectivity index (χ1v) is 12.0. The summed E-state index contributed by atoms with van der Waals surface area (Å²) in [5.74, 6) is 0.239. The Hall–Kier alpha value is -1.80. The topological polar surface area (TPSA) is 63.6 Å². The number of rotatable bonds is 13. The Morgan fingerprint density at radius 1 is 1.19 bits per heavy atom. The van der Waals surface area contributed by atoms with Crippen LogP contribution in [0.3, 0.4) is 0 Å². The Kier molecular flexibility index (Phi) is 10.8. The van der Waals surface area contributed by atoms with Crippen molar-refractivity contribution >= 4 is 23.5 Å². The van der Waals surface area contributed by atoms with Crippen molar-refractivity contribution in [3.05, 3.63) is 42.0 Å². The molecule has 2 unspecified atom stereocenters. The van der Waals surface area contributed by atoms with Crippen molar-refractivity contribution in [2.75, 3.05) is 12.9 Å². The quantitative estimate of drug-likeness (QED) is 0.223. The summed E-state index contributed by atoms with van der Waals surface area (Å²) in [6.07, 6.45) is 4.40. The molecule has 0 amide bonds. The third-order valence-corrected chi connectivity index (χ3v) is 6.84. The van der Waals surface area contributed by atoms with Crippen LogP contribution < -0.4 is 0 Å². The molecule has 0 fully saturated rings. The van der Waals surface area contributed by atoms with Crippen molar-refractivity contribution < 1.29 is 32.6 Å². The Bertz CT molecular complexity index is 779. The minimum Gasteiger partial charge on any atom is -0.469 e. The molecule has 0 bridgehead atoms. The maximum absolute atomic E-state index is 12.8. The van der Waals surface area contributed by atoms with E-state index in [0.717, 1.165) is 44.2 Å². The highest BCUT2D eigenvalue weighted by Crippen LogP contribution is 2.34. The summed E-state index contributed by atoms with van der Waals surface area (Å²) in [5, 5.41) is 10.3. The van der Waals surface area contributed by atoms with Crippen LogP contribution in [0, 0.1) is 11.8 Å². The van der Waals surface area contributed by atoms with Gasteiger partial charge in [-0.3, -0.25) is 9.59 Å². The van der Waals surface area contributed by atoms with Crippen LogP contribution in [0.15, 0.2) is 41.3 Å². The average molecular weight is 473 g/mol. The summed E-state index contributed by atoms with van der Waals surface area (Å²) in [7, 11) is 1.38. The molecule has 4 nitrogen and oxygen atoms in total. The van der Waals surface area contributed by atoms with Gasteiger partial charge in [-0.1, -0.05) is 31.4 Å². The molecule has 178 valence electrons. The molecule has 0 aliphatic heterocycles. The number of carbonyl (C=O) groups excluding carboxylic acids is 2. The van der Waals surface area contributed by atoms with Gasteiger partial charge < -0.3 is 9.84 Å². The van der Waals surface area contributed by atoms with Gasteiger partial charge in [0.2, 0.25) is 0 Å². The zero-order chi connectivity index (χ0) is 23.6. The number of unbranched alkanes of at least 4 members (excludes halogenated alkanes) is 3. The number of methoxy groups -OCH3 is 1. The van der Waals surface area contributed by atoms with Gasteiger partial charge in [0.25, 0.3) is 0 Å². The summed E-state index contributed by atoms with van der Waals surface area (Å²) < 4.78 is 43.1. The Morgan fingerprint density at radius 2 is 1.94 bits per heavy atom. The Balaban J connectivity index is 1.69. The van der Waals surface area contributed by atoms with Crippen LogP contribution in [0.25, 0.3) is 0 Å². The summed E-state index contributed by atoms with van der Waals surface area (Å²) >= 11 is 1.20. The van der Waals surface area contributed by atoms with Crippen molar-refractivity contribution in [2.45, 2.75) is 68.5 Å². The van der Waals surface area contributed by atoms with E-state index in [1.165, 1.54) is 24.9 Å². The minimum absolute atomic E-state index is 0.0704. The molecule has 1 aliphatic rings. The van der Waals surface area contributed by atoms with E-state index in [0.29, 0.717) is 29.9 Å². The summed E-state index contributed by atoms with van der Waals surface area (Å²) in [6, 6.07) is 5.10. The largest absolute Gasteiger partial charge is 0.469 e. The van der Waals surface area contributed by atoms with Crippen LogP contribution in [0.5, 0.6) is 0 Å². The second-order valence-corrected chi connectivity index (χ2v) is 9.22. The average Bonchev–Trinajstić information content (AvgIpc) is 3.11. The molecule has 1 aromatic carbocycles. The molecule has 1 aliphatic carbocycles. The molecular weight excluding hydrogens is 441 g/mol. The molecule has 2 rings (SSSR count). The summed E-state index contributed by atoms with van der Waals surface area (Å²) in [6.45, 7) is 0. The maximum Gasteiger partial charge on any atom is 0.416 e. The van der Waals surface area contributed by atoms with Crippen LogP contribution in [0.1, 0.15) is 56.9 Å². The fourth-order valence-electron chi connectivity index (χ4n) is 3.85. The van der Waals surface area contributed by atoms with Gasteiger partial charge in [0.05, 0.1) is 18.8 Å². The van der Waals surface area contributed by atoms with E-state index in [4.69, 9.17) is 0 Å². The van der Waals surface area contributed by atoms with Crippen LogP contribution >= 0.6 is 11.8 Å². The number of thioether (sulfide) groups is 1. The highest BCUT2D eigenvalue weighted by atomic mass is 32.2. The predicted molar refractivity (Wildman–Crippen MR) is 118 cm³/mol. The number of hydrogen-bond donors (Lipinski definition) is 1.